The van der Waals surface area contributed by atoms with E-state index in [4.69, 9.17) is 0 Å². The van der Waals surface area contributed by atoms with E-state index in [1.165, 1.54) is 12.8 Å². The van der Waals surface area contributed by atoms with Crippen molar-refractivity contribution in [3.63, 3.8) is 0 Å². The van der Waals surface area contributed by atoms with E-state index < -0.39 is 7.25 Å². The highest BCUT2D eigenvalue weighted by Gasteiger charge is 2.20. The summed E-state index contributed by atoms with van der Waals surface area (Å²) in [5.74, 6) is 1.14. The second kappa shape index (κ2) is 6.55. The average molecular weight is 239 g/mol. The number of unbranched alkanes of at least 4 members (excludes halogenated alkanes) is 1. The van der Waals surface area contributed by atoms with Gasteiger partial charge in [-0.3, -0.25) is 0 Å². The molecule has 0 fully saturated rings. The highest BCUT2D eigenvalue weighted by atomic mass is 19.5. The van der Waals surface area contributed by atoms with Crippen LogP contribution < -0.4 is 0 Å². The Labute approximate surface area is 92.8 Å². The second-order valence-electron chi connectivity index (χ2n) is 3.47. The van der Waals surface area contributed by atoms with Gasteiger partial charge in [0, 0.05) is 12.7 Å². The van der Waals surface area contributed by atoms with Gasteiger partial charge in [-0.05, 0) is 20.3 Å². The Morgan fingerprint density at radius 3 is 2.06 bits per heavy atom. The molecule has 0 atom stereocenters. The Hall–Kier alpha value is -1.01. The van der Waals surface area contributed by atoms with Crippen molar-refractivity contribution in [3.8, 4) is 0 Å². The van der Waals surface area contributed by atoms with Gasteiger partial charge >= 0.3 is 7.25 Å². The van der Waals surface area contributed by atoms with E-state index in [-0.39, 0.29) is 0 Å². The molecule has 0 aromatic carbocycles. The van der Waals surface area contributed by atoms with Crippen molar-refractivity contribution in [2.45, 2.75) is 40.2 Å². The number of hydrogen-bond donors (Lipinski definition) is 0. The zero-order valence-corrected chi connectivity index (χ0v) is 9.68. The number of aromatic nitrogens is 2. The first-order valence-corrected chi connectivity index (χ1v) is 5.11. The van der Waals surface area contributed by atoms with Crippen LogP contribution in [0.3, 0.4) is 0 Å². The van der Waals surface area contributed by atoms with Crippen LogP contribution in [0, 0.1) is 13.8 Å². The van der Waals surface area contributed by atoms with E-state index in [2.05, 4.69) is 29.6 Å². The van der Waals surface area contributed by atoms with Crippen molar-refractivity contribution in [1.82, 2.24) is 9.55 Å². The zero-order valence-electron chi connectivity index (χ0n) is 9.68. The van der Waals surface area contributed by atoms with Gasteiger partial charge < -0.3 is 21.8 Å². The SMILES string of the molecule is CCCCn1cc(C)nc1C.F[B-](F)(F)F. The molecule has 0 N–H and O–H groups in total. The monoisotopic (exact) mass is 239 g/mol. The molecule has 0 radical (unpaired) electrons. The Kier molecular flexibility index (Phi) is 6.14. The molecule has 1 heterocycles. The van der Waals surface area contributed by atoms with Crippen molar-refractivity contribution in [3.05, 3.63) is 17.7 Å². The molecule has 94 valence electrons. The van der Waals surface area contributed by atoms with E-state index in [1.807, 2.05) is 6.92 Å². The molecule has 0 spiro atoms. The fraction of sp³-hybridized carbons (Fsp3) is 0.667. The van der Waals surface area contributed by atoms with Crippen LogP contribution in [0.25, 0.3) is 0 Å². The highest BCUT2D eigenvalue weighted by molar-refractivity contribution is 6.50. The van der Waals surface area contributed by atoms with Crippen molar-refractivity contribution >= 4 is 7.25 Å². The fourth-order valence-corrected chi connectivity index (χ4v) is 1.22. The molecule has 1 aromatic rings. The average Bonchev–Trinajstić information content (AvgIpc) is 2.38. The first-order valence-electron chi connectivity index (χ1n) is 5.11. The molecule has 1 rings (SSSR count). The lowest BCUT2D eigenvalue weighted by atomic mass is 10.3. The summed E-state index contributed by atoms with van der Waals surface area (Å²) in [6, 6.07) is 0. The lowest BCUT2D eigenvalue weighted by Gasteiger charge is -2.01. The Bertz CT molecular complexity index is 303. The van der Waals surface area contributed by atoms with Gasteiger partial charge in [0.1, 0.15) is 5.82 Å². The van der Waals surface area contributed by atoms with Crippen molar-refractivity contribution in [1.29, 1.82) is 0 Å². The summed E-state index contributed by atoms with van der Waals surface area (Å²) in [5, 5.41) is 0. The minimum absolute atomic E-state index is 1.11. The van der Waals surface area contributed by atoms with Crippen LogP contribution in [0.15, 0.2) is 6.20 Å². The predicted molar refractivity (Wildman–Crippen MR) is 56.8 cm³/mol. The van der Waals surface area contributed by atoms with E-state index in [0.717, 1.165) is 18.1 Å². The minimum Gasteiger partial charge on any atom is -0.418 e. The Morgan fingerprint density at radius 2 is 1.75 bits per heavy atom. The lowest BCUT2D eigenvalue weighted by molar-refractivity contribution is 0.368. The third kappa shape index (κ3) is 8.32. The molecule has 0 aliphatic heterocycles. The van der Waals surface area contributed by atoms with Crippen LogP contribution in [0.2, 0.25) is 0 Å². The van der Waals surface area contributed by atoms with Crippen LogP contribution in [-0.2, 0) is 6.54 Å². The molecule has 16 heavy (non-hydrogen) atoms. The molecule has 0 amide bonds. The predicted octanol–water partition coefficient (Wildman–Crippen LogP) is 3.60. The van der Waals surface area contributed by atoms with Crippen LogP contribution in [0.1, 0.15) is 31.3 Å². The van der Waals surface area contributed by atoms with Gasteiger partial charge in [0.25, 0.3) is 0 Å². The zero-order chi connectivity index (χ0) is 12.8. The maximum atomic E-state index is 9.75. The number of hydrogen-bond acceptors (Lipinski definition) is 1. The maximum absolute atomic E-state index is 9.75. The Balaban J connectivity index is 0.000000385. The van der Waals surface area contributed by atoms with Gasteiger partial charge in [0.05, 0.1) is 5.69 Å². The molecular formula is C9H16BF4N2-. The lowest BCUT2D eigenvalue weighted by Crippen LogP contribution is -2.02. The second-order valence-corrected chi connectivity index (χ2v) is 3.47. The molecule has 0 aliphatic carbocycles. The van der Waals surface area contributed by atoms with Crippen LogP contribution in [0.5, 0.6) is 0 Å². The summed E-state index contributed by atoms with van der Waals surface area (Å²) in [6.07, 6.45) is 4.61. The molecule has 0 saturated carbocycles. The topological polar surface area (TPSA) is 17.8 Å². The summed E-state index contributed by atoms with van der Waals surface area (Å²) in [7, 11) is -6.00. The first-order chi connectivity index (χ1) is 7.24. The number of halogens is 4. The van der Waals surface area contributed by atoms with Crippen LogP contribution in [0.4, 0.5) is 17.3 Å². The molecule has 0 saturated heterocycles. The van der Waals surface area contributed by atoms with E-state index >= 15 is 0 Å². The van der Waals surface area contributed by atoms with Gasteiger partial charge in [-0.15, -0.1) is 0 Å². The quantitative estimate of drug-likeness (QED) is 0.582. The van der Waals surface area contributed by atoms with Gasteiger partial charge in [-0.2, -0.15) is 0 Å². The van der Waals surface area contributed by atoms with E-state index in [1.54, 1.807) is 0 Å². The normalized spacial score (nSPS) is 10.9. The largest absolute Gasteiger partial charge is 0.673 e. The third-order valence-electron chi connectivity index (χ3n) is 1.85. The number of aryl methyl sites for hydroxylation is 3. The summed E-state index contributed by atoms with van der Waals surface area (Å²) in [5.41, 5.74) is 1.12. The summed E-state index contributed by atoms with van der Waals surface area (Å²) in [4.78, 5) is 4.33. The molecule has 0 bridgehead atoms. The van der Waals surface area contributed by atoms with Gasteiger partial charge in [-0.25, -0.2) is 4.98 Å². The molecule has 1 aromatic heterocycles. The molecule has 0 unspecified atom stereocenters. The summed E-state index contributed by atoms with van der Waals surface area (Å²) < 4.78 is 41.2. The van der Waals surface area contributed by atoms with Crippen LogP contribution >= 0.6 is 0 Å². The van der Waals surface area contributed by atoms with Crippen LogP contribution in [-0.4, -0.2) is 16.8 Å². The van der Waals surface area contributed by atoms with Crippen molar-refractivity contribution < 1.29 is 17.3 Å². The third-order valence-corrected chi connectivity index (χ3v) is 1.85. The molecule has 2 nitrogen and oxygen atoms in total. The standard InChI is InChI=1S/C9H16N2.BF4/c1-4-5-6-11-7-8(2)10-9(11)3;2-1(3,4)5/h7H,4-6H2,1-3H3;/q;-1. The fourth-order valence-electron chi connectivity index (χ4n) is 1.22. The maximum Gasteiger partial charge on any atom is 0.673 e. The van der Waals surface area contributed by atoms with Gasteiger partial charge in [0.2, 0.25) is 0 Å². The number of rotatable bonds is 3. The van der Waals surface area contributed by atoms with E-state index in [0.29, 0.717) is 0 Å². The minimum atomic E-state index is -6.00. The molecular weight excluding hydrogens is 223 g/mol. The van der Waals surface area contributed by atoms with Crippen molar-refractivity contribution in [2.24, 2.45) is 0 Å². The number of nitrogens with zero attached hydrogens (tertiary/aromatic N) is 2. The summed E-state index contributed by atoms with van der Waals surface area (Å²) in [6.45, 7) is 7.42. The van der Waals surface area contributed by atoms with Crippen molar-refractivity contribution in [2.75, 3.05) is 0 Å². The molecule has 7 heteroatoms. The van der Waals surface area contributed by atoms with Gasteiger partial charge in [0.15, 0.2) is 0 Å². The smallest absolute Gasteiger partial charge is 0.418 e. The highest BCUT2D eigenvalue weighted by Crippen LogP contribution is 2.06. The van der Waals surface area contributed by atoms with E-state index in [9.17, 15) is 17.3 Å². The Morgan fingerprint density at radius 1 is 1.25 bits per heavy atom. The first kappa shape index (κ1) is 15.0. The molecule has 0 aliphatic rings. The summed E-state index contributed by atoms with van der Waals surface area (Å²) >= 11 is 0. The van der Waals surface area contributed by atoms with Gasteiger partial charge in [-0.1, -0.05) is 13.3 Å². The number of imidazole rings is 1.